The van der Waals surface area contributed by atoms with E-state index >= 15 is 0 Å². The van der Waals surface area contributed by atoms with Crippen LogP contribution in [-0.2, 0) is 5.41 Å². The summed E-state index contributed by atoms with van der Waals surface area (Å²) in [6.07, 6.45) is -0.302. The van der Waals surface area contributed by atoms with Crippen LogP contribution < -0.4 is 19.5 Å². The van der Waals surface area contributed by atoms with Gasteiger partial charge in [-0.3, -0.25) is 4.79 Å². The van der Waals surface area contributed by atoms with E-state index in [4.69, 9.17) is 49.0 Å². The molecule has 0 bridgehead atoms. The monoisotopic (exact) mass is 457 g/mol. The van der Waals surface area contributed by atoms with Gasteiger partial charge in [0.25, 0.3) is 3.79 Å². The summed E-state index contributed by atoms with van der Waals surface area (Å²) in [4.78, 5) is 23.1. The maximum atomic E-state index is 12.4. The molecule has 0 saturated carbocycles. The minimum atomic E-state index is -2.19. The summed E-state index contributed by atoms with van der Waals surface area (Å²) < 4.78 is 14.4. The van der Waals surface area contributed by atoms with E-state index in [1.54, 1.807) is 12.1 Å². The smallest absolute Gasteiger partial charge is 0.418 e. The fourth-order valence-electron chi connectivity index (χ4n) is 2.59. The normalized spacial score (nSPS) is 18.3. The van der Waals surface area contributed by atoms with Crippen LogP contribution >= 0.6 is 34.8 Å². The Morgan fingerprint density at radius 2 is 1.66 bits per heavy atom. The zero-order chi connectivity index (χ0) is 21.4. The van der Waals surface area contributed by atoms with Gasteiger partial charge in [-0.2, -0.15) is 0 Å². The fourth-order valence-corrected chi connectivity index (χ4v) is 2.96. The van der Waals surface area contributed by atoms with Crippen molar-refractivity contribution in [2.24, 2.45) is 0 Å². The molecule has 1 amide bonds. The summed E-state index contributed by atoms with van der Waals surface area (Å²) in [5, 5.41) is 2.34. The number of alkyl halides is 3. The summed E-state index contributed by atoms with van der Waals surface area (Å²) in [6, 6.07) is 11.2. The number of carbonyl (C=O) groups excluding carboxylic acids is 2. The quantitative estimate of drug-likeness (QED) is 0.494. The molecule has 1 atom stereocenters. The molecule has 0 aromatic heterocycles. The molecule has 0 radical (unpaired) electrons. The number of rotatable bonds is 3. The van der Waals surface area contributed by atoms with Crippen LogP contribution in [0.25, 0.3) is 0 Å². The standard InChI is InChI=1S/C20H18Cl3NO5/c1-18(2,3)13-6-9-15-16(10-13)29-20(28-15,19(21,22)23)24-17(26)27-14-7-4-12(11-25)5-8-14/h4-11H,1-3H3,(H,24,26). The van der Waals surface area contributed by atoms with E-state index in [2.05, 4.69) is 5.32 Å². The highest BCUT2D eigenvalue weighted by atomic mass is 35.6. The van der Waals surface area contributed by atoms with Gasteiger partial charge in [0.05, 0.1) is 0 Å². The van der Waals surface area contributed by atoms with Gasteiger partial charge in [-0.05, 0) is 47.4 Å². The molecule has 1 aliphatic heterocycles. The Morgan fingerprint density at radius 1 is 1.03 bits per heavy atom. The summed E-state index contributed by atoms with van der Waals surface area (Å²) in [5.74, 6) is -1.33. The van der Waals surface area contributed by atoms with Gasteiger partial charge in [-0.15, -0.1) is 0 Å². The first kappa shape index (κ1) is 21.6. The van der Waals surface area contributed by atoms with Crippen molar-refractivity contribution in [3.8, 4) is 17.2 Å². The fraction of sp³-hybridized carbons (Fsp3) is 0.300. The molecular formula is C20H18Cl3NO5. The predicted molar refractivity (Wildman–Crippen MR) is 110 cm³/mol. The Bertz CT molecular complexity index is 935. The number of aldehydes is 1. The highest BCUT2D eigenvalue weighted by Gasteiger charge is 2.60. The molecule has 0 spiro atoms. The molecule has 6 nitrogen and oxygen atoms in total. The Labute approximate surface area is 183 Å². The van der Waals surface area contributed by atoms with Crippen LogP contribution in [-0.4, -0.2) is 22.1 Å². The first-order valence-electron chi connectivity index (χ1n) is 8.58. The first-order valence-corrected chi connectivity index (χ1v) is 9.71. The van der Waals surface area contributed by atoms with E-state index in [1.165, 1.54) is 24.3 Å². The Balaban J connectivity index is 1.82. The molecule has 0 fully saturated rings. The van der Waals surface area contributed by atoms with Crippen molar-refractivity contribution < 1.29 is 23.8 Å². The number of hydrogen-bond acceptors (Lipinski definition) is 5. The third-order valence-electron chi connectivity index (χ3n) is 4.18. The van der Waals surface area contributed by atoms with E-state index in [0.717, 1.165) is 5.56 Å². The molecule has 154 valence electrons. The van der Waals surface area contributed by atoms with Crippen molar-refractivity contribution in [3.63, 3.8) is 0 Å². The molecule has 2 aromatic rings. The lowest BCUT2D eigenvalue weighted by atomic mass is 9.87. The third-order valence-corrected chi connectivity index (χ3v) is 4.93. The average Bonchev–Trinajstić information content (AvgIpc) is 2.99. The number of carbonyl (C=O) groups is 2. The topological polar surface area (TPSA) is 73.9 Å². The van der Waals surface area contributed by atoms with E-state index in [9.17, 15) is 9.59 Å². The highest BCUT2D eigenvalue weighted by molar-refractivity contribution is 6.68. The van der Waals surface area contributed by atoms with Crippen molar-refractivity contribution in [2.45, 2.75) is 35.9 Å². The zero-order valence-electron chi connectivity index (χ0n) is 15.8. The number of benzene rings is 2. The van der Waals surface area contributed by atoms with E-state index in [-0.39, 0.29) is 11.2 Å². The van der Waals surface area contributed by atoms with Gasteiger partial charge in [-0.1, -0.05) is 61.6 Å². The van der Waals surface area contributed by atoms with Crippen molar-refractivity contribution in [1.82, 2.24) is 5.32 Å². The van der Waals surface area contributed by atoms with Crippen molar-refractivity contribution in [2.75, 3.05) is 0 Å². The molecular weight excluding hydrogens is 441 g/mol. The first-order chi connectivity index (χ1) is 13.4. The van der Waals surface area contributed by atoms with Gasteiger partial charge < -0.3 is 14.2 Å². The zero-order valence-corrected chi connectivity index (χ0v) is 18.1. The molecule has 1 unspecified atom stereocenters. The van der Waals surface area contributed by atoms with E-state index < -0.39 is 15.8 Å². The number of hydrogen-bond donors (Lipinski definition) is 1. The molecule has 1 heterocycles. The molecule has 0 aliphatic carbocycles. The van der Waals surface area contributed by atoms with Crippen molar-refractivity contribution >= 4 is 47.2 Å². The summed E-state index contributed by atoms with van der Waals surface area (Å²) in [7, 11) is 0. The van der Waals surface area contributed by atoms with Crippen LogP contribution in [0.1, 0.15) is 36.7 Å². The van der Waals surface area contributed by atoms with Crippen LogP contribution in [0.2, 0.25) is 0 Å². The Kier molecular flexibility index (Phi) is 5.64. The molecule has 1 N–H and O–H groups in total. The van der Waals surface area contributed by atoms with E-state index in [0.29, 0.717) is 23.3 Å². The Hall–Kier alpha value is -2.15. The molecule has 3 rings (SSSR count). The van der Waals surface area contributed by atoms with Crippen LogP contribution in [0.15, 0.2) is 42.5 Å². The van der Waals surface area contributed by atoms with Crippen LogP contribution in [0.3, 0.4) is 0 Å². The number of halogens is 3. The maximum absolute atomic E-state index is 12.4. The number of nitrogens with one attached hydrogen (secondary N) is 1. The second kappa shape index (κ2) is 7.59. The predicted octanol–water partition coefficient (Wildman–Crippen LogP) is 5.38. The third kappa shape index (κ3) is 4.55. The SMILES string of the molecule is CC(C)(C)c1ccc2c(c1)OC(NC(=O)Oc1ccc(C=O)cc1)(C(Cl)(Cl)Cl)O2. The maximum Gasteiger partial charge on any atom is 0.418 e. The second-order valence-corrected chi connectivity index (χ2v) is 9.71. The lowest BCUT2D eigenvalue weighted by molar-refractivity contribution is -0.0964. The number of amides is 1. The minimum absolute atomic E-state index is 0.149. The largest absolute Gasteiger partial charge is 0.428 e. The number of ether oxygens (including phenoxy) is 3. The molecule has 1 aliphatic rings. The lowest BCUT2D eigenvalue weighted by Gasteiger charge is -2.33. The van der Waals surface area contributed by atoms with Gasteiger partial charge in [0, 0.05) is 5.56 Å². The van der Waals surface area contributed by atoms with Crippen molar-refractivity contribution in [3.05, 3.63) is 53.6 Å². The van der Waals surface area contributed by atoms with Crippen LogP contribution in [0, 0.1) is 0 Å². The minimum Gasteiger partial charge on any atom is -0.428 e. The van der Waals surface area contributed by atoms with Gasteiger partial charge in [-0.25, -0.2) is 10.1 Å². The van der Waals surface area contributed by atoms with Gasteiger partial charge >= 0.3 is 12.0 Å². The average molecular weight is 459 g/mol. The number of fused-ring (bicyclic) bond motifs is 1. The molecule has 2 aromatic carbocycles. The Morgan fingerprint density at radius 3 is 2.21 bits per heavy atom. The lowest BCUT2D eigenvalue weighted by Crippen LogP contribution is -2.64. The summed E-state index contributed by atoms with van der Waals surface area (Å²) in [5.41, 5.74) is 1.25. The second-order valence-electron chi connectivity index (χ2n) is 7.43. The van der Waals surface area contributed by atoms with Crippen molar-refractivity contribution in [1.29, 1.82) is 0 Å². The van der Waals surface area contributed by atoms with E-state index in [1.807, 2.05) is 26.8 Å². The molecule has 29 heavy (non-hydrogen) atoms. The van der Waals surface area contributed by atoms with Gasteiger partial charge in [0.2, 0.25) is 0 Å². The van der Waals surface area contributed by atoms with Crippen LogP contribution in [0.4, 0.5) is 4.79 Å². The van der Waals surface area contributed by atoms with Gasteiger partial charge in [0.15, 0.2) is 11.5 Å². The van der Waals surface area contributed by atoms with Crippen LogP contribution in [0.5, 0.6) is 17.2 Å². The summed E-state index contributed by atoms with van der Waals surface area (Å²) in [6.45, 7) is 6.12. The summed E-state index contributed by atoms with van der Waals surface area (Å²) >= 11 is 18.2. The highest BCUT2D eigenvalue weighted by Crippen LogP contribution is 2.49. The molecule has 0 saturated heterocycles. The van der Waals surface area contributed by atoms with Gasteiger partial charge in [0.1, 0.15) is 12.0 Å². The molecule has 9 heteroatoms.